The molecule has 0 aliphatic heterocycles. The predicted molar refractivity (Wildman–Crippen MR) is 58.0 cm³/mol. The Morgan fingerprint density at radius 2 is 1.94 bits per heavy atom. The first-order valence-corrected chi connectivity index (χ1v) is 4.90. The maximum atomic E-state index is 12.3. The molecule has 90 valence electrons. The number of nitriles is 1. The van der Waals surface area contributed by atoms with E-state index in [1.165, 1.54) is 12.1 Å². The van der Waals surface area contributed by atoms with Gasteiger partial charge in [-0.05, 0) is 17.7 Å². The zero-order valence-corrected chi connectivity index (χ0v) is 8.96. The van der Waals surface area contributed by atoms with Gasteiger partial charge in [-0.25, -0.2) is 0 Å². The fraction of sp³-hybridized carbons (Fsp3) is 0.250. The Morgan fingerprint density at radius 1 is 1.35 bits per heavy atom. The normalized spacial score (nSPS) is 12.8. The Bertz CT molecular complexity index is 415. The number of nitrogens with one attached hydrogen (secondary N) is 1. The molecule has 0 aromatic heterocycles. The van der Waals surface area contributed by atoms with Crippen molar-refractivity contribution in [2.45, 2.75) is 12.2 Å². The first kappa shape index (κ1) is 13.3. The van der Waals surface area contributed by atoms with E-state index >= 15 is 0 Å². The Labute approximate surface area is 97.4 Å². The molecule has 1 aromatic carbocycles. The van der Waals surface area contributed by atoms with Crippen LogP contribution < -0.4 is 5.32 Å². The minimum absolute atomic E-state index is 0.416. The number of nitrogens with zero attached hydrogens (tertiary/aromatic N) is 1. The van der Waals surface area contributed by atoms with E-state index in [1.54, 1.807) is 6.08 Å². The zero-order chi connectivity index (χ0) is 12.9. The van der Waals surface area contributed by atoms with Crippen LogP contribution in [0.3, 0.4) is 0 Å². The molecule has 0 aliphatic carbocycles. The maximum Gasteiger partial charge on any atom is 0.416 e. The topological polar surface area (TPSA) is 35.8 Å². The molecular weight excluding hydrogens is 229 g/mol. The lowest BCUT2D eigenvalue weighted by molar-refractivity contribution is -0.137. The molecule has 0 saturated heterocycles. The molecule has 1 unspecified atom stereocenters. The van der Waals surface area contributed by atoms with Crippen molar-refractivity contribution in [3.63, 3.8) is 0 Å². The van der Waals surface area contributed by atoms with Crippen LogP contribution in [0.25, 0.3) is 0 Å². The number of hydrogen-bond acceptors (Lipinski definition) is 2. The Hall–Kier alpha value is -1.80. The molecule has 17 heavy (non-hydrogen) atoms. The summed E-state index contributed by atoms with van der Waals surface area (Å²) in [6.45, 7) is 3.90. The summed E-state index contributed by atoms with van der Waals surface area (Å²) in [5.74, 6) is 0. The van der Waals surface area contributed by atoms with Crippen molar-refractivity contribution in [1.82, 2.24) is 5.32 Å². The molecule has 1 rings (SSSR count). The van der Waals surface area contributed by atoms with Crippen molar-refractivity contribution in [2.24, 2.45) is 0 Å². The van der Waals surface area contributed by atoms with Crippen LogP contribution in [0.5, 0.6) is 0 Å². The first-order valence-electron chi connectivity index (χ1n) is 4.90. The third-order valence-electron chi connectivity index (χ3n) is 2.17. The van der Waals surface area contributed by atoms with Gasteiger partial charge in [-0.2, -0.15) is 18.4 Å². The predicted octanol–water partition coefficient (Wildman–Crippen LogP) is 3.05. The molecule has 0 heterocycles. The molecule has 0 radical (unpaired) electrons. The van der Waals surface area contributed by atoms with Crippen molar-refractivity contribution in [3.8, 4) is 6.07 Å². The average molecular weight is 240 g/mol. The number of rotatable bonds is 4. The molecule has 1 aromatic rings. The minimum atomic E-state index is -4.35. The minimum Gasteiger partial charge on any atom is -0.295 e. The summed E-state index contributed by atoms with van der Waals surface area (Å²) in [5.41, 5.74) is -0.219. The molecule has 0 saturated carbocycles. The number of halogens is 3. The lowest BCUT2D eigenvalue weighted by atomic mass is 10.1. The summed E-state index contributed by atoms with van der Waals surface area (Å²) in [5, 5.41) is 11.7. The summed E-state index contributed by atoms with van der Waals surface area (Å²) in [6, 6.07) is 5.87. The fourth-order valence-corrected chi connectivity index (χ4v) is 1.30. The van der Waals surface area contributed by atoms with Gasteiger partial charge in [0.05, 0.1) is 11.6 Å². The van der Waals surface area contributed by atoms with Crippen LogP contribution in [0, 0.1) is 11.3 Å². The second kappa shape index (κ2) is 5.51. The van der Waals surface area contributed by atoms with E-state index in [4.69, 9.17) is 5.26 Å². The molecule has 0 fully saturated rings. The van der Waals surface area contributed by atoms with Gasteiger partial charge in [-0.15, -0.1) is 6.58 Å². The molecule has 0 bridgehead atoms. The van der Waals surface area contributed by atoms with Crippen molar-refractivity contribution < 1.29 is 13.2 Å². The molecule has 0 aliphatic rings. The van der Waals surface area contributed by atoms with Crippen LogP contribution >= 0.6 is 0 Å². The molecular formula is C12H11F3N2. The van der Waals surface area contributed by atoms with E-state index in [-0.39, 0.29) is 0 Å². The lowest BCUT2D eigenvalue weighted by Gasteiger charge is -2.12. The van der Waals surface area contributed by atoms with Crippen LogP contribution in [-0.4, -0.2) is 6.54 Å². The smallest absolute Gasteiger partial charge is 0.295 e. The van der Waals surface area contributed by atoms with E-state index < -0.39 is 17.8 Å². The average Bonchev–Trinajstić information content (AvgIpc) is 2.29. The Balaban J connectivity index is 2.86. The van der Waals surface area contributed by atoms with Crippen LogP contribution in [0.2, 0.25) is 0 Å². The van der Waals surface area contributed by atoms with Crippen LogP contribution in [0.15, 0.2) is 36.9 Å². The highest BCUT2D eigenvalue weighted by Crippen LogP contribution is 2.29. The third-order valence-corrected chi connectivity index (χ3v) is 2.17. The van der Waals surface area contributed by atoms with Crippen molar-refractivity contribution in [1.29, 1.82) is 5.26 Å². The summed E-state index contributed by atoms with van der Waals surface area (Å²) in [7, 11) is 0. The first-order chi connectivity index (χ1) is 7.99. The van der Waals surface area contributed by atoms with Gasteiger partial charge in [0.15, 0.2) is 0 Å². The second-order valence-corrected chi connectivity index (χ2v) is 3.38. The number of benzene rings is 1. The SMILES string of the molecule is C=CCNC(C#N)c1ccc(C(F)(F)F)cc1. The van der Waals surface area contributed by atoms with Crippen molar-refractivity contribution in [2.75, 3.05) is 6.54 Å². The van der Waals surface area contributed by atoms with Gasteiger partial charge < -0.3 is 0 Å². The zero-order valence-electron chi connectivity index (χ0n) is 8.96. The molecule has 5 heteroatoms. The summed E-state index contributed by atoms with van der Waals surface area (Å²) in [4.78, 5) is 0. The van der Waals surface area contributed by atoms with Crippen LogP contribution in [-0.2, 0) is 6.18 Å². The van der Waals surface area contributed by atoms with Gasteiger partial charge in [0, 0.05) is 6.54 Å². The van der Waals surface area contributed by atoms with Gasteiger partial charge >= 0.3 is 6.18 Å². The van der Waals surface area contributed by atoms with E-state index in [0.29, 0.717) is 12.1 Å². The van der Waals surface area contributed by atoms with Crippen molar-refractivity contribution in [3.05, 3.63) is 48.0 Å². The van der Waals surface area contributed by atoms with Gasteiger partial charge in [-0.3, -0.25) is 5.32 Å². The van der Waals surface area contributed by atoms with E-state index in [9.17, 15) is 13.2 Å². The molecule has 0 amide bonds. The van der Waals surface area contributed by atoms with Gasteiger partial charge in [0.25, 0.3) is 0 Å². The van der Waals surface area contributed by atoms with Crippen LogP contribution in [0.4, 0.5) is 13.2 Å². The summed E-state index contributed by atoms with van der Waals surface area (Å²) in [6.07, 6.45) is -2.77. The van der Waals surface area contributed by atoms with Gasteiger partial charge in [0.2, 0.25) is 0 Å². The third kappa shape index (κ3) is 3.61. The van der Waals surface area contributed by atoms with E-state index in [1.807, 2.05) is 6.07 Å². The Kier molecular flexibility index (Phi) is 4.30. The monoisotopic (exact) mass is 240 g/mol. The van der Waals surface area contributed by atoms with E-state index in [2.05, 4.69) is 11.9 Å². The van der Waals surface area contributed by atoms with E-state index in [0.717, 1.165) is 12.1 Å². The molecule has 1 N–H and O–H groups in total. The number of alkyl halides is 3. The summed E-state index contributed by atoms with van der Waals surface area (Å²) < 4.78 is 36.9. The largest absolute Gasteiger partial charge is 0.416 e. The quantitative estimate of drug-likeness (QED) is 0.821. The summed E-state index contributed by atoms with van der Waals surface area (Å²) >= 11 is 0. The fourth-order valence-electron chi connectivity index (χ4n) is 1.30. The lowest BCUT2D eigenvalue weighted by Crippen LogP contribution is -2.19. The molecule has 2 nitrogen and oxygen atoms in total. The van der Waals surface area contributed by atoms with Crippen molar-refractivity contribution >= 4 is 0 Å². The standard InChI is InChI=1S/C12H11F3N2/c1-2-7-17-11(8-16)9-3-5-10(6-4-9)12(13,14)15/h2-6,11,17H,1,7H2. The Morgan fingerprint density at radius 3 is 2.35 bits per heavy atom. The van der Waals surface area contributed by atoms with Gasteiger partial charge in [-0.1, -0.05) is 18.2 Å². The highest BCUT2D eigenvalue weighted by molar-refractivity contribution is 5.29. The molecule has 0 spiro atoms. The van der Waals surface area contributed by atoms with Crippen LogP contribution in [0.1, 0.15) is 17.2 Å². The number of hydrogen-bond donors (Lipinski definition) is 1. The highest BCUT2D eigenvalue weighted by atomic mass is 19.4. The highest BCUT2D eigenvalue weighted by Gasteiger charge is 2.30. The second-order valence-electron chi connectivity index (χ2n) is 3.38. The maximum absolute atomic E-state index is 12.3. The van der Waals surface area contributed by atoms with Gasteiger partial charge in [0.1, 0.15) is 6.04 Å². The molecule has 1 atom stereocenters.